The van der Waals surface area contributed by atoms with Crippen LogP contribution < -0.4 is 10.6 Å². The van der Waals surface area contributed by atoms with Crippen LogP contribution in [0.25, 0.3) is 0 Å². The number of hydrogen-bond donors (Lipinski definition) is 2. The second kappa shape index (κ2) is 6.42. The number of nitrogens with zero attached hydrogens (tertiary/aromatic N) is 1. The van der Waals surface area contributed by atoms with E-state index in [1.165, 1.54) is 12.1 Å². The Morgan fingerprint density at radius 1 is 1.21 bits per heavy atom. The third-order valence-electron chi connectivity index (χ3n) is 5.39. The Bertz CT molecular complexity index is 633. The first-order chi connectivity index (χ1) is 11.4. The molecule has 0 radical (unpaired) electrons. The minimum atomic E-state index is -0.348. The highest BCUT2D eigenvalue weighted by Gasteiger charge is 2.62. The number of urea groups is 1. The number of rotatable bonds is 5. The van der Waals surface area contributed by atoms with Crippen LogP contribution in [0.3, 0.4) is 0 Å². The molecule has 1 aromatic carbocycles. The molecule has 0 aromatic heterocycles. The minimum Gasteiger partial charge on any atom is -0.354 e. The van der Waals surface area contributed by atoms with E-state index in [9.17, 15) is 14.0 Å². The summed E-state index contributed by atoms with van der Waals surface area (Å²) in [5.74, 6) is 0.738. The van der Waals surface area contributed by atoms with Crippen LogP contribution in [0.2, 0.25) is 0 Å². The van der Waals surface area contributed by atoms with Crippen molar-refractivity contribution in [2.45, 2.75) is 20.3 Å². The highest BCUT2D eigenvalue weighted by Crippen LogP contribution is 2.61. The molecule has 24 heavy (non-hydrogen) atoms. The summed E-state index contributed by atoms with van der Waals surface area (Å²) in [6.45, 7) is 6.93. The fraction of sp³-hybridized carbons (Fsp3) is 0.556. The number of halogens is 1. The van der Waals surface area contributed by atoms with Crippen LogP contribution in [0.4, 0.5) is 9.18 Å². The lowest BCUT2D eigenvalue weighted by Gasteiger charge is -2.22. The zero-order valence-electron chi connectivity index (χ0n) is 14.1. The van der Waals surface area contributed by atoms with E-state index in [0.29, 0.717) is 35.9 Å². The second-order valence-corrected chi connectivity index (χ2v) is 7.33. The summed E-state index contributed by atoms with van der Waals surface area (Å²) in [7, 11) is 0. The summed E-state index contributed by atoms with van der Waals surface area (Å²) in [4.78, 5) is 25.7. The summed E-state index contributed by atoms with van der Waals surface area (Å²) in [6.07, 6.45) is 0.135. The summed E-state index contributed by atoms with van der Waals surface area (Å²) in [6, 6.07) is 5.93. The number of fused-ring (bicyclic) bond motifs is 1. The predicted molar refractivity (Wildman–Crippen MR) is 88.8 cm³/mol. The Morgan fingerprint density at radius 2 is 1.88 bits per heavy atom. The smallest absolute Gasteiger partial charge is 0.317 e. The molecule has 0 unspecified atom stereocenters. The number of benzene rings is 1. The fourth-order valence-electron chi connectivity index (χ4n) is 3.68. The third-order valence-corrected chi connectivity index (χ3v) is 5.39. The number of hydrogen-bond acceptors (Lipinski definition) is 2. The van der Waals surface area contributed by atoms with E-state index < -0.39 is 0 Å². The lowest BCUT2D eigenvalue weighted by atomic mass is 10.1. The number of nitrogens with one attached hydrogen (secondary N) is 2. The van der Waals surface area contributed by atoms with Crippen molar-refractivity contribution in [3.8, 4) is 0 Å². The van der Waals surface area contributed by atoms with Gasteiger partial charge < -0.3 is 15.5 Å². The van der Waals surface area contributed by atoms with Crippen molar-refractivity contribution in [2.24, 2.45) is 17.3 Å². The van der Waals surface area contributed by atoms with Gasteiger partial charge in [-0.25, -0.2) is 9.18 Å². The van der Waals surface area contributed by atoms with Gasteiger partial charge in [-0.1, -0.05) is 26.0 Å². The van der Waals surface area contributed by atoms with E-state index in [0.717, 1.165) is 13.1 Å². The van der Waals surface area contributed by atoms with Crippen LogP contribution in [0.1, 0.15) is 19.4 Å². The van der Waals surface area contributed by atoms with Crippen molar-refractivity contribution in [3.05, 3.63) is 35.6 Å². The molecule has 1 heterocycles. The normalized spacial score (nSPS) is 23.5. The van der Waals surface area contributed by atoms with E-state index in [-0.39, 0.29) is 24.2 Å². The van der Waals surface area contributed by atoms with Crippen LogP contribution >= 0.6 is 0 Å². The Kier molecular flexibility index (Phi) is 4.47. The van der Waals surface area contributed by atoms with Gasteiger partial charge in [-0.05, 0) is 34.9 Å². The van der Waals surface area contributed by atoms with E-state index >= 15 is 0 Å². The Labute approximate surface area is 141 Å². The SMILES string of the molecule is CC1(C)[C@@H]2CN(C(=O)NCCNC(=O)Cc3cccc(F)c3)C[C@@H]21. The van der Waals surface area contributed by atoms with Gasteiger partial charge >= 0.3 is 6.03 Å². The molecule has 2 N–H and O–H groups in total. The number of piperidine rings is 1. The van der Waals surface area contributed by atoms with Gasteiger partial charge in [-0.2, -0.15) is 0 Å². The largest absolute Gasteiger partial charge is 0.354 e. The zero-order valence-corrected chi connectivity index (χ0v) is 14.1. The van der Waals surface area contributed by atoms with Crippen molar-refractivity contribution in [3.63, 3.8) is 0 Å². The molecule has 1 aromatic rings. The molecule has 130 valence electrons. The van der Waals surface area contributed by atoms with Crippen molar-refractivity contribution in [2.75, 3.05) is 26.2 Å². The van der Waals surface area contributed by atoms with E-state index in [2.05, 4.69) is 24.5 Å². The van der Waals surface area contributed by atoms with E-state index in [1.807, 2.05) is 4.90 Å². The van der Waals surface area contributed by atoms with Crippen LogP contribution in [0, 0.1) is 23.1 Å². The van der Waals surface area contributed by atoms with Crippen LogP contribution in [-0.2, 0) is 11.2 Å². The van der Waals surface area contributed by atoms with Crippen LogP contribution in [0.5, 0.6) is 0 Å². The summed E-state index contributed by atoms with van der Waals surface area (Å²) < 4.78 is 13.1. The first-order valence-electron chi connectivity index (χ1n) is 8.42. The molecule has 5 nitrogen and oxygen atoms in total. The fourth-order valence-corrected chi connectivity index (χ4v) is 3.68. The van der Waals surface area contributed by atoms with Gasteiger partial charge in [0.1, 0.15) is 5.82 Å². The molecular weight excluding hydrogens is 309 g/mol. The first kappa shape index (κ1) is 16.7. The average molecular weight is 333 g/mol. The van der Waals surface area contributed by atoms with Gasteiger partial charge in [0.2, 0.25) is 5.91 Å². The van der Waals surface area contributed by atoms with Gasteiger partial charge in [-0.3, -0.25) is 4.79 Å². The maximum atomic E-state index is 13.1. The molecule has 1 saturated carbocycles. The van der Waals surface area contributed by atoms with E-state index in [1.54, 1.807) is 12.1 Å². The molecule has 1 saturated heterocycles. The molecule has 2 aliphatic rings. The lowest BCUT2D eigenvalue weighted by Crippen LogP contribution is -2.43. The topological polar surface area (TPSA) is 61.4 Å². The maximum absolute atomic E-state index is 13.1. The third kappa shape index (κ3) is 3.52. The van der Waals surface area contributed by atoms with Gasteiger partial charge in [0.05, 0.1) is 6.42 Å². The van der Waals surface area contributed by atoms with Gasteiger partial charge in [0.25, 0.3) is 0 Å². The van der Waals surface area contributed by atoms with Crippen molar-refractivity contribution in [1.82, 2.24) is 15.5 Å². The summed E-state index contributed by atoms with van der Waals surface area (Å²) in [5.41, 5.74) is 1.03. The molecule has 6 heteroatoms. The molecule has 2 atom stereocenters. The zero-order chi connectivity index (χ0) is 17.3. The number of carbonyl (C=O) groups excluding carboxylic acids is 2. The molecule has 3 rings (SSSR count). The Morgan fingerprint density at radius 3 is 2.54 bits per heavy atom. The van der Waals surface area contributed by atoms with Crippen molar-refractivity contribution < 1.29 is 14.0 Å². The lowest BCUT2D eigenvalue weighted by molar-refractivity contribution is -0.120. The highest BCUT2D eigenvalue weighted by atomic mass is 19.1. The summed E-state index contributed by atoms with van der Waals surface area (Å²) >= 11 is 0. The standard InChI is InChI=1S/C18H24FN3O2/c1-18(2)14-10-22(11-15(14)18)17(24)21-7-6-20-16(23)9-12-4-3-5-13(19)8-12/h3-5,8,14-15H,6-7,9-11H2,1-2H3,(H,20,23)(H,21,24)/t14-,15+. The number of amides is 3. The quantitative estimate of drug-likeness (QED) is 0.807. The minimum absolute atomic E-state index is 0.0580. The molecule has 2 fully saturated rings. The monoisotopic (exact) mass is 333 g/mol. The second-order valence-electron chi connectivity index (χ2n) is 7.33. The van der Waals surface area contributed by atoms with E-state index in [4.69, 9.17) is 0 Å². The number of likely N-dealkylation sites (tertiary alicyclic amines) is 1. The van der Waals surface area contributed by atoms with Crippen LogP contribution in [-0.4, -0.2) is 43.0 Å². The summed E-state index contributed by atoms with van der Waals surface area (Å²) in [5, 5.41) is 5.57. The molecular formula is C18H24FN3O2. The van der Waals surface area contributed by atoms with Gasteiger partial charge in [0, 0.05) is 26.2 Å². The predicted octanol–water partition coefficient (Wildman–Crippen LogP) is 1.78. The maximum Gasteiger partial charge on any atom is 0.317 e. The van der Waals surface area contributed by atoms with Crippen molar-refractivity contribution >= 4 is 11.9 Å². The molecule has 1 aliphatic heterocycles. The van der Waals surface area contributed by atoms with Crippen molar-refractivity contribution in [1.29, 1.82) is 0 Å². The molecule has 3 amide bonds. The van der Waals surface area contributed by atoms with Gasteiger partial charge in [-0.15, -0.1) is 0 Å². The average Bonchev–Trinajstić information content (AvgIpc) is 2.90. The van der Waals surface area contributed by atoms with Gasteiger partial charge in [0.15, 0.2) is 0 Å². The Hall–Kier alpha value is -2.11. The first-order valence-corrected chi connectivity index (χ1v) is 8.42. The van der Waals surface area contributed by atoms with Crippen LogP contribution in [0.15, 0.2) is 24.3 Å². The molecule has 1 aliphatic carbocycles. The molecule has 0 spiro atoms. The molecule has 0 bridgehead atoms. The number of carbonyl (C=O) groups is 2. The Balaban J connectivity index is 1.31. The highest BCUT2D eigenvalue weighted by molar-refractivity contribution is 5.78.